The molecule has 0 bridgehead atoms. The highest BCUT2D eigenvalue weighted by Crippen LogP contribution is 2.74. The van der Waals surface area contributed by atoms with Gasteiger partial charge in [0.2, 0.25) is 0 Å². The molecule has 0 spiro atoms. The number of carbonyl (C=O) groups excluding carboxylic acids is 2. The summed E-state index contributed by atoms with van der Waals surface area (Å²) in [5.74, 6) is 0.434. The number of carbonyl (C=O) groups is 2. The molecule has 7 nitrogen and oxygen atoms in total. The fourth-order valence-electron chi connectivity index (χ4n) is 10.5. The quantitative estimate of drug-likeness (QED) is 0.205. The van der Waals surface area contributed by atoms with E-state index in [0.717, 1.165) is 37.8 Å². The number of hydrogen-bond acceptors (Lipinski definition) is 7. The van der Waals surface area contributed by atoms with Crippen molar-refractivity contribution in [3.8, 4) is 0 Å². The molecule has 4 aliphatic carbocycles. The molecule has 0 radical (unpaired) electrons. The average Bonchev–Trinajstić information content (AvgIpc) is 3.16. The first-order valence-corrected chi connectivity index (χ1v) is 16.0. The zero-order valence-corrected chi connectivity index (χ0v) is 26.8. The number of nitrogens with one attached hydrogen (secondary N) is 1. The zero-order valence-electron chi connectivity index (χ0n) is 26.8. The molecule has 0 aromatic heterocycles. The lowest BCUT2D eigenvalue weighted by Gasteiger charge is -2.69. The van der Waals surface area contributed by atoms with Crippen molar-refractivity contribution in [3.05, 3.63) is 22.8 Å². The minimum Gasteiger partial charge on any atom is -0.466 e. The first-order chi connectivity index (χ1) is 19.2. The van der Waals surface area contributed by atoms with Gasteiger partial charge in [-0.25, -0.2) is 4.79 Å². The number of aliphatic hydroxyl groups excluding tert-OH is 1. The van der Waals surface area contributed by atoms with Crippen molar-refractivity contribution in [2.75, 3.05) is 20.2 Å². The summed E-state index contributed by atoms with van der Waals surface area (Å²) in [6.45, 7) is 16.6. The maximum Gasteiger partial charge on any atom is 0.333 e. The van der Waals surface area contributed by atoms with Crippen LogP contribution in [0.15, 0.2) is 22.8 Å². The van der Waals surface area contributed by atoms with Crippen molar-refractivity contribution < 1.29 is 24.2 Å². The van der Waals surface area contributed by atoms with Crippen molar-refractivity contribution in [1.82, 2.24) is 5.32 Å². The first kappa shape index (κ1) is 32.2. The molecule has 0 aromatic rings. The monoisotopic (exact) mass is 572 g/mol. The Bertz CT molecular complexity index is 1070. The summed E-state index contributed by atoms with van der Waals surface area (Å²) in [4.78, 5) is 25.7. The van der Waals surface area contributed by atoms with Gasteiger partial charge in [0.1, 0.15) is 6.10 Å². The number of fused-ring (bicyclic) bond motifs is 5. The largest absolute Gasteiger partial charge is 0.466 e. The lowest BCUT2D eigenvalue weighted by atomic mass is 9.36. The molecule has 232 valence electrons. The Hall–Kier alpha value is -1.70. The molecular weight excluding hydrogens is 516 g/mol. The van der Waals surface area contributed by atoms with Gasteiger partial charge in [-0.05, 0) is 111 Å². The standard InChI is InChI=1S/C34H56N2O5/c1-20(2)10-9-11-23(31(39)40-8)29-25-18-27(38)30-32(5)14-13-26(36-17-16-35)21(3)24(32)12-15-33(30,6)34(25,7)19-28(29)41-22(4)37/h10,21,24-28,30,36,38H,9,11-19,35H2,1-8H3/b29-23-/t21-,24?,25+,26-,27+,28-,30+,32-,33-,34-/m0/s1. The highest BCUT2D eigenvalue weighted by molar-refractivity contribution is 5.90. The number of nitrogens with two attached hydrogens (primary N) is 1. The number of aliphatic hydroxyl groups is 1. The van der Waals surface area contributed by atoms with Crippen molar-refractivity contribution in [2.24, 2.45) is 45.7 Å². The maximum atomic E-state index is 13.3. The summed E-state index contributed by atoms with van der Waals surface area (Å²) in [5.41, 5.74) is 8.15. The second-order valence-corrected chi connectivity index (χ2v) is 14.6. The molecule has 0 aromatic carbocycles. The summed E-state index contributed by atoms with van der Waals surface area (Å²) in [6, 6.07) is 0.461. The second-order valence-electron chi connectivity index (χ2n) is 14.6. The van der Waals surface area contributed by atoms with E-state index in [1.807, 2.05) is 0 Å². The first-order valence-electron chi connectivity index (χ1n) is 16.0. The van der Waals surface area contributed by atoms with E-state index in [1.165, 1.54) is 19.6 Å². The predicted octanol–water partition coefficient (Wildman–Crippen LogP) is 5.31. The summed E-state index contributed by atoms with van der Waals surface area (Å²) in [6.07, 6.45) is 7.96. The Kier molecular flexibility index (Phi) is 9.53. The topological polar surface area (TPSA) is 111 Å². The van der Waals surface area contributed by atoms with Crippen LogP contribution >= 0.6 is 0 Å². The molecule has 0 saturated heterocycles. The van der Waals surface area contributed by atoms with Crippen LogP contribution in [0.1, 0.15) is 99.8 Å². The van der Waals surface area contributed by atoms with Crippen LogP contribution in [0, 0.1) is 39.9 Å². The zero-order chi connectivity index (χ0) is 30.3. The molecule has 4 rings (SSSR count). The molecule has 10 atom stereocenters. The summed E-state index contributed by atoms with van der Waals surface area (Å²) >= 11 is 0. The van der Waals surface area contributed by atoms with E-state index in [2.05, 4.69) is 52.9 Å². The van der Waals surface area contributed by atoms with Gasteiger partial charge < -0.3 is 25.6 Å². The van der Waals surface area contributed by atoms with E-state index >= 15 is 0 Å². The van der Waals surface area contributed by atoms with Crippen LogP contribution in [-0.4, -0.2) is 55.5 Å². The van der Waals surface area contributed by atoms with Gasteiger partial charge in [0.05, 0.1) is 13.2 Å². The molecule has 0 heterocycles. The lowest BCUT2D eigenvalue weighted by molar-refractivity contribution is -0.227. The third-order valence-electron chi connectivity index (χ3n) is 12.3. The van der Waals surface area contributed by atoms with E-state index in [0.29, 0.717) is 55.7 Å². The minimum absolute atomic E-state index is 0.0126. The predicted molar refractivity (Wildman–Crippen MR) is 162 cm³/mol. The fraction of sp³-hybridized carbons (Fsp3) is 0.824. The lowest BCUT2D eigenvalue weighted by Crippen LogP contribution is -2.66. The van der Waals surface area contributed by atoms with E-state index in [4.69, 9.17) is 15.2 Å². The SMILES string of the molecule is COC(=O)/C(CCC=C(C)C)=C1\[C@@H](OC(C)=O)C[C@@]2(C)[C@@H]1C[C@@H](O)[C@@H]1[C@@]3(C)CC[C@H](NCCN)[C@@H](C)C3CC[C@@]12C. The molecule has 7 heteroatoms. The van der Waals surface area contributed by atoms with Crippen LogP contribution in [0.25, 0.3) is 0 Å². The van der Waals surface area contributed by atoms with E-state index in [-0.39, 0.29) is 40.0 Å². The Balaban J connectivity index is 1.78. The van der Waals surface area contributed by atoms with E-state index < -0.39 is 12.2 Å². The minimum atomic E-state index is -0.491. The number of allylic oxidation sites excluding steroid dienone is 2. The molecule has 4 saturated carbocycles. The van der Waals surface area contributed by atoms with Gasteiger partial charge in [-0.1, -0.05) is 39.3 Å². The van der Waals surface area contributed by atoms with E-state index in [9.17, 15) is 14.7 Å². The maximum absolute atomic E-state index is 13.3. The van der Waals surface area contributed by atoms with Crippen LogP contribution in [0.3, 0.4) is 0 Å². The smallest absolute Gasteiger partial charge is 0.333 e. The third kappa shape index (κ3) is 5.44. The van der Waals surface area contributed by atoms with Crippen molar-refractivity contribution in [3.63, 3.8) is 0 Å². The van der Waals surface area contributed by atoms with Crippen molar-refractivity contribution in [1.29, 1.82) is 0 Å². The second kappa shape index (κ2) is 12.1. The number of esters is 2. The van der Waals surface area contributed by atoms with Gasteiger partial charge in [-0.2, -0.15) is 0 Å². The molecule has 4 fully saturated rings. The molecule has 1 unspecified atom stereocenters. The summed E-state index contributed by atoms with van der Waals surface area (Å²) in [7, 11) is 1.42. The fourth-order valence-corrected chi connectivity index (χ4v) is 10.5. The van der Waals surface area contributed by atoms with Gasteiger partial charge in [0.15, 0.2) is 0 Å². The average molecular weight is 573 g/mol. The highest BCUT2D eigenvalue weighted by atomic mass is 16.5. The van der Waals surface area contributed by atoms with Gasteiger partial charge in [-0.3, -0.25) is 4.79 Å². The van der Waals surface area contributed by atoms with Crippen LogP contribution < -0.4 is 11.1 Å². The summed E-state index contributed by atoms with van der Waals surface area (Å²) in [5, 5.41) is 15.9. The Morgan fingerprint density at radius 1 is 1.12 bits per heavy atom. The molecule has 0 aliphatic heterocycles. The molecular formula is C34H56N2O5. The van der Waals surface area contributed by atoms with Crippen molar-refractivity contribution in [2.45, 2.75) is 118 Å². The summed E-state index contributed by atoms with van der Waals surface area (Å²) < 4.78 is 11.3. The Labute approximate surface area is 248 Å². The van der Waals surface area contributed by atoms with Gasteiger partial charge in [0.25, 0.3) is 0 Å². The van der Waals surface area contributed by atoms with Crippen molar-refractivity contribution >= 4 is 11.9 Å². The van der Waals surface area contributed by atoms with Crippen LogP contribution in [0.2, 0.25) is 0 Å². The van der Waals surface area contributed by atoms with Crippen LogP contribution in [0.4, 0.5) is 0 Å². The van der Waals surface area contributed by atoms with Crippen LogP contribution in [0.5, 0.6) is 0 Å². The Morgan fingerprint density at radius 3 is 2.44 bits per heavy atom. The Morgan fingerprint density at radius 2 is 1.83 bits per heavy atom. The molecule has 41 heavy (non-hydrogen) atoms. The van der Waals surface area contributed by atoms with Crippen LogP contribution in [-0.2, 0) is 19.1 Å². The number of rotatable bonds is 8. The molecule has 0 amide bonds. The number of hydrogen-bond donors (Lipinski definition) is 3. The van der Waals surface area contributed by atoms with Gasteiger partial charge >= 0.3 is 11.9 Å². The number of ether oxygens (including phenoxy) is 2. The van der Waals surface area contributed by atoms with E-state index in [1.54, 1.807) is 0 Å². The highest BCUT2D eigenvalue weighted by Gasteiger charge is 2.70. The normalized spacial score (nSPS) is 42.8. The third-order valence-corrected chi connectivity index (χ3v) is 12.3. The number of methoxy groups -OCH3 is 1. The molecule has 4 aliphatic rings. The van der Waals surface area contributed by atoms with Gasteiger partial charge in [-0.15, -0.1) is 0 Å². The molecule has 4 N–H and O–H groups in total. The van der Waals surface area contributed by atoms with Gasteiger partial charge in [0, 0.05) is 31.6 Å².